The summed E-state index contributed by atoms with van der Waals surface area (Å²) in [5.74, 6) is -0.254. The Labute approximate surface area is 159 Å². The van der Waals surface area contributed by atoms with Crippen molar-refractivity contribution in [3.05, 3.63) is 59.2 Å². The fraction of sp³-hybridized carbons (Fsp3) is 0.333. The zero-order valence-electron chi connectivity index (χ0n) is 15.7. The van der Waals surface area contributed by atoms with Gasteiger partial charge >= 0.3 is 5.97 Å². The SMILES string of the molecule is Cc1ccccc1SCC(=O)OCC(=O)Nc1c(C)cccc1C(C)C. The van der Waals surface area contributed by atoms with Crippen LogP contribution in [0.1, 0.15) is 36.5 Å². The number of para-hydroxylation sites is 1. The summed E-state index contributed by atoms with van der Waals surface area (Å²) in [4.78, 5) is 25.1. The lowest BCUT2D eigenvalue weighted by molar-refractivity contribution is -0.144. The number of ether oxygens (including phenoxy) is 1. The van der Waals surface area contributed by atoms with Crippen LogP contribution < -0.4 is 5.32 Å². The van der Waals surface area contributed by atoms with Crippen LogP contribution in [0.25, 0.3) is 0 Å². The van der Waals surface area contributed by atoms with Gasteiger partial charge in [-0.25, -0.2) is 0 Å². The van der Waals surface area contributed by atoms with Gasteiger partial charge in [0.1, 0.15) is 0 Å². The van der Waals surface area contributed by atoms with Gasteiger partial charge < -0.3 is 10.1 Å². The van der Waals surface area contributed by atoms with Crippen molar-refractivity contribution in [1.29, 1.82) is 0 Å². The van der Waals surface area contributed by atoms with Gasteiger partial charge in [0, 0.05) is 10.6 Å². The fourth-order valence-electron chi connectivity index (χ4n) is 2.56. The Hall–Kier alpha value is -2.27. The van der Waals surface area contributed by atoms with E-state index in [9.17, 15) is 9.59 Å². The van der Waals surface area contributed by atoms with Crippen molar-refractivity contribution in [3.63, 3.8) is 0 Å². The molecule has 0 aliphatic rings. The zero-order valence-corrected chi connectivity index (χ0v) is 16.5. The van der Waals surface area contributed by atoms with Crippen LogP contribution in [0.2, 0.25) is 0 Å². The molecule has 0 aromatic heterocycles. The molecule has 2 rings (SSSR count). The van der Waals surface area contributed by atoms with Gasteiger partial charge in [-0.2, -0.15) is 0 Å². The average molecular weight is 372 g/mol. The molecule has 0 unspecified atom stereocenters. The Morgan fingerprint density at radius 2 is 1.73 bits per heavy atom. The van der Waals surface area contributed by atoms with Gasteiger partial charge in [-0.15, -0.1) is 11.8 Å². The third-order valence-corrected chi connectivity index (χ3v) is 5.14. The van der Waals surface area contributed by atoms with E-state index in [4.69, 9.17) is 4.74 Å². The summed E-state index contributed by atoms with van der Waals surface area (Å²) < 4.78 is 5.11. The third-order valence-electron chi connectivity index (χ3n) is 3.99. The largest absolute Gasteiger partial charge is 0.455 e. The van der Waals surface area contributed by atoms with E-state index in [0.717, 1.165) is 27.3 Å². The summed E-state index contributed by atoms with van der Waals surface area (Å²) in [7, 11) is 0. The zero-order chi connectivity index (χ0) is 19.1. The first-order valence-electron chi connectivity index (χ1n) is 8.62. The van der Waals surface area contributed by atoms with Crippen LogP contribution in [0.5, 0.6) is 0 Å². The quantitative estimate of drug-likeness (QED) is 0.566. The highest BCUT2D eigenvalue weighted by Gasteiger charge is 2.14. The van der Waals surface area contributed by atoms with Gasteiger partial charge in [-0.3, -0.25) is 9.59 Å². The van der Waals surface area contributed by atoms with Gasteiger partial charge in [0.2, 0.25) is 0 Å². The number of carbonyl (C=O) groups is 2. The molecule has 2 aromatic rings. The minimum atomic E-state index is -0.401. The molecule has 0 spiro atoms. The monoisotopic (exact) mass is 371 g/mol. The van der Waals surface area contributed by atoms with E-state index in [1.807, 2.05) is 56.3 Å². The van der Waals surface area contributed by atoms with Crippen LogP contribution in [0.15, 0.2) is 47.4 Å². The molecule has 1 amide bonds. The number of carbonyl (C=O) groups excluding carboxylic acids is 2. The molecule has 0 fully saturated rings. The summed E-state index contributed by atoms with van der Waals surface area (Å²) in [5, 5.41) is 2.88. The minimum Gasteiger partial charge on any atom is -0.455 e. The van der Waals surface area contributed by atoms with Crippen molar-refractivity contribution in [3.8, 4) is 0 Å². The van der Waals surface area contributed by atoms with Gasteiger partial charge in [-0.1, -0.05) is 50.2 Å². The molecule has 0 aliphatic heterocycles. The molecular formula is C21H25NO3S. The first-order chi connectivity index (χ1) is 12.4. The smallest absolute Gasteiger partial charge is 0.316 e. The standard InChI is InChI=1S/C21H25NO3S/c1-14(2)17-10-7-9-16(4)21(17)22-19(23)12-25-20(24)13-26-18-11-6-5-8-15(18)3/h5-11,14H,12-13H2,1-4H3,(H,22,23). The van der Waals surface area contributed by atoms with E-state index in [2.05, 4.69) is 19.2 Å². The molecule has 4 nitrogen and oxygen atoms in total. The Bertz CT molecular complexity index is 787. The second-order valence-corrected chi connectivity index (χ2v) is 7.47. The van der Waals surface area contributed by atoms with E-state index >= 15 is 0 Å². The normalized spacial score (nSPS) is 10.7. The number of amides is 1. The molecule has 26 heavy (non-hydrogen) atoms. The van der Waals surface area contributed by atoms with Crippen molar-refractivity contribution < 1.29 is 14.3 Å². The summed E-state index contributed by atoms with van der Waals surface area (Å²) >= 11 is 1.41. The number of thioether (sulfide) groups is 1. The van der Waals surface area contributed by atoms with Crippen molar-refractivity contribution >= 4 is 29.3 Å². The van der Waals surface area contributed by atoms with Crippen LogP contribution in [0, 0.1) is 13.8 Å². The van der Waals surface area contributed by atoms with E-state index in [-0.39, 0.29) is 18.3 Å². The lowest BCUT2D eigenvalue weighted by Gasteiger charge is -2.16. The predicted molar refractivity (Wildman–Crippen MR) is 107 cm³/mol. The number of anilines is 1. The van der Waals surface area contributed by atoms with Crippen LogP contribution in [-0.2, 0) is 14.3 Å². The molecule has 0 heterocycles. The summed E-state index contributed by atoms with van der Waals surface area (Å²) in [5.41, 5.74) is 3.98. The number of hydrogen-bond acceptors (Lipinski definition) is 4. The highest BCUT2D eigenvalue weighted by molar-refractivity contribution is 8.00. The molecule has 0 bridgehead atoms. The Morgan fingerprint density at radius 3 is 2.42 bits per heavy atom. The van der Waals surface area contributed by atoms with Crippen LogP contribution in [0.3, 0.4) is 0 Å². The van der Waals surface area contributed by atoms with E-state index in [1.165, 1.54) is 11.8 Å². The van der Waals surface area contributed by atoms with Crippen LogP contribution in [-0.4, -0.2) is 24.2 Å². The molecule has 138 valence electrons. The number of hydrogen-bond donors (Lipinski definition) is 1. The number of benzene rings is 2. The van der Waals surface area contributed by atoms with Crippen molar-refractivity contribution in [2.75, 3.05) is 17.7 Å². The van der Waals surface area contributed by atoms with Gasteiger partial charge in [-0.05, 0) is 42.5 Å². The predicted octanol–water partition coefficient (Wildman–Crippen LogP) is 4.70. The Morgan fingerprint density at radius 1 is 1.04 bits per heavy atom. The molecule has 5 heteroatoms. The number of nitrogens with one attached hydrogen (secondary N) is 1. The number of rotatable bonds is 7. The molecule has 0 atom stereocenters. The first kappa shape index (κ1) is 20.0. The Balaban J connectivity index is 1.85. The van der Waals surface area contributed by atoms with Crippen LogP contribution >= 0.6 is 11.8 Å². The summed E-state index contributed by atoms with van der Waals surface area (Å²) in [6.07, 6.45) is 0. The van der Waals surface area contributed by atoms with Gasteiger partial charge in [0.15, 0.2) is 6.61 Å². The molecule has 0 radical (unpaired) electrons. The lowest BCUT2D eigenvalue weighted by Crippen LogP contribution is -2.22. The third kappa shape index (κ3) is 5.63. The molecule has 0 saturated heterocycles. The topological polar surface area (TPSA) is 55.4 Å². The number of esters is 1. The van der Waals surface area contributed by atoms with Gasteiger partial charge in [0.05, 0.1) is 5.75 Å². The van der Waals surface area contributed by atoms with E-state index in [1.54, 1.807) is 0 Å². The molecule has 1 N–H and O–H groups in total. The minimum absolute atomic E-state index is 0.180. The maximum absolute atomic E-state index is 12.2. The molecule has 2 aromatic carbocycles. The van der Waals surface area contributed by atoms with Crippen molar-refractivity contribution in [1.82, 2.24) is 0 Å². The fourth-order valence-corrected chi connectivity index (χ4v) is 3.39. The lowest BCUT2D eigenvalue weighted by atomic mass is 9.98. The molecule has 0 saturated carbocycles. The maximum Gasteiger partial charge on any atom is 0.316 e. The summed E-state index contributed by atoms with van der Waals surface area (Å²) in [6.45, 7) is 7.82. The molecular weight excluding hydrogens is 346 g/mol. The van der Waals surface area contributed by atoms with Crippen molar-refractivity contribution in [2.45, 2.75) is 38.5 Å². The second kappa shape index (κ2) is 9.43. The number of aryl methyl sites for hydroxylation is 2. The highest BCUT2D eigenvalue weighted by atomic mass is 32.2. The Kier molecular flexibility index (Phi) is 7.27. The van der Waals surface area contributed by atoms with Crippen molar-refractivity contribution in [2.24, 2.45) is 0 Å². The second-order valence-electron chi connectivity index (χ2n) is 6.46. The first-order valence-corrected chi connectivity index (χ1v) is 9.60. The van der Waals surface area contributed by atoms with E-state index in [0.29, 0.717) is 5.92 Å². The highest BCUT2D eigenvalue weighted by Crippen LogP contribution is 2.27. The average Bonchev–Trinajstić information content (AvgIpc) is 2.60. The molecule has 0 aliphatic carbocycles. The maximum atomic E-state index is 12.2. The summed E-state index contributed by atoms with van der Waals surface area (Å²) in [6, 6.07) is 13.8. The van der Waals surface area contributed by atoms with Gasteiger partial charge in [0.25, 0.3) is 5.91 Å². The van der Waals surface area contributed by atoms with E-state index < -0.39 is 5.97 Å². The van der Waals surface area contributed by atoms with Crippen LogP contribution in [0.4, 0.5) is 5.69 Å².